The molecule has 0 fully saturated rings. The Labute approximate surface area is 128 Å². The fourth-order valence-corrected chi connectivity index (χ4v) is 2.70. The van der Waals surface area contributed by atoms with Crippen LogP contribution < -0.4 is 5.32 Å². The first-order valence-electron chi connectivity index (χ1n) is 7.17. The van der Waals surface area contributed by atoms with Crippen LogP contribution in [0.2, 0.25) is 18.1 Å². The molecule has 21 heavy (non-hydrogen) atoms. The van der Waals surface area contributed by atoms with Gasteiger partial charge in [0.2, 0.25) is 0 Å². The Morgan fingerprint density at radius 3 is 2.48 bits per heavy atom. The van der Waals surface area contributed by atoms with Gasteiger partial charge in [0.15, 0.2) is 8.32 Å². The molecule has 0 atom stereocenters. The summed E-state index contributed by atoms with van der Waals surface area (Å²) in [7, 11) is -1.76. The van der Waals surface area contributed by atoms with E-state index >= 15 is 0 Å². The molecule has 0 radical (unpaired) electrons. The molecule has 0 amide bonds. The van der Waals surface area contributed by atoms with Crippen molar-refractivity contribution >= 4 is 19.7 Å². The van der Waals surface area contributed by atoms with Gasteiger partial charge in [-0.3, -0.25) is 10.1 Å². The summed E-state index contributed by atoms with van der Waals surface area (Å²) in [4.78, 5) is 10.7. The van der Waals surface area contributed by atoms with E-state index in [2.05, 4.69) is 39.2 Å². The molecule has 1 rings (SSSR count). The monoisotopic (exact) mass is 310 g/mol. The minimum atomic E-state index is -1.76. The lowest BCUT2D eigenvalue weighted by Gasteiger charge is -2.36. The third-order valence-electron chi connectivity index (χ3n) is 4.04. The van der Waals surface area contributed by atoms with Crippen molar-refractivity contribution < 1.29 is 9.35 Å². The third kappa shape index (κ3) is 4.82. The zero-order chi connectivity index (χ0) is 16.3. The van der Waals surface area contributed by atoms with Crippen LogP contribution >= 0.6 is 0 Å². The second-order valence-corrected chi connectivity index (χ2v) is 11.6. The number of rotatable bonds is 6. The standard InChI is InChI=1S/C15H26N2O3Si/c1-12-7-8-13(14(11-12)17(18)19)16-9-10-20-21(5,6)15(2,3)4/h7-8,11,16H,9-10H2,1-6H3. The van der Waals surface area contributed by atoms with Crippen LogP contribution in [0.5, 0.6) is 0 Å². The van der Waals surface area contributed by atoms with Gasteiger partial charge in [-0.25, -0.2) is 0 Å². The van der Waals surface area contributed by atoms with Crippen LogP contribution in [0.1, 0.15) is 26.3 Å². The van der Waals surface area contributed by atoms with E-state index < -0.39 is 8.32 Å². The van der Waals surface area contributed by atoms with Gasteiger partial charge in [0.05, 0.1) is 11.5 Å². The number of aryl methyl sites for hydroxylation is 1. The van der Waals surface area contributed by atoms with Crippen LogP contribution in [-0.2, 0) is 4.43 Å². The van der Waals surface area contributed by atoms with Crippen LogP contribution in [0, 0.1) is 17.0 Å². The van der Waals surface area contributed by atoms with E-state index in [1.54, 1.807) is 12.1 Å². The maximum atomic E-state index is 11.0. The minimum Gasteiger partial charge on any atom is -0.415 e. The molecule has 1 aromatic rings. The molecule has 118 valence electrons. The molecule has 1 aromatic carbocycles. The number of hydrogen-bond donors (Lipinski definition) is 1. The average molecular weight is 310 g/mol. The summed E-state index contributed by atoms with van der Waals surface area (Å²) in [6.07, 6.45) is 0. The molecule has 0 spiro atoms. The number of hydrogen-bond acceptors (Lipinski definition) is 4. The molecule has 0 saturated heterocycles. The van der Waals surface area contributed by atoms with Crippen molar-refractivity contribution in [2.75, 3.05) is 18.5 Å². The fraction of sp³-hybridized carbons (Fsp3) is 0.600. The van der Waals surface area contributed by atoms with Gasteiger partial charge in [-0.2, -0.15) is 0 Å². The first-order valence-corrected chi connectivity index (χ1v) is 10.1. The van der Waals surface area contributed by atoms with Gasteiger partial charge < -0.3 is 9.74 Å². The van der Waals surface area contributed by atoms with E-state index in [9.17, 15) is 10.1 Å². The number of anilines is 1. The number of benzene rings is 1. The maximum absolute atomic E-state index is 11.0. The number of nitrogens with one attached hydrogen (secondary N) is 1. The summed E-state index contributed by atoms with van der Waals surface area (Å²) in [6, 6.07) is 5.20. The Hall–Kier alpha value is -1.40. The predicted molar refractivity (Wildman–Crippen MR) is 89.5 cm³/mol. The second-order valence-electron chi connectivity index (χ2n) is 6.81. The molecule has 0 heterocycles. The Morgan fingerprint density at radius 1 is 1.33 bits per heavy atom. The van der Waals surface area contributed by atoms with E-state index in [0.29, 0.717) is 18.8 Å². The molecular formula is C15H26N2O3Si. The van der Waals surface area contributed by atoms with Crippen LogP contribution in [0.3, 0.4) is 0 Å². The molecule has 1 N–H and O–H groups in total. The highest BCUT2D eigenvalue weighted by Gasteiger charge is 2.36. The van der Waals surface area contributed by atoms with E-state index in [1.807, 2.05) is 13.0 Å². The first-order chi connectivity index (χ1) is 9.54. The van der Waals surface area contributed by atoms with E-state index in [4.69, 9.17) is 4.43 Å². The topological polar surface area (TPSA) is 64.4 Å². The van der Waals surface area contributed by atoms with E-state index in [-0.39, 0.29) is 15.6 Å². The average Bonchev–Trinajstić information content (AvgIpc) is 2.34. The van der Waals surface area contributed by atoms with Crippen molar-refractivity contribution in [1.29, 1.82) is 0 Å². The van der Waals surface area contributed by atoms with Gasteiger partial charge >= 0.3 is 0 Å². The lowest BCUT2D eigenvalue weighted by Crippen LogP contribution is -2.41. The summed E-state index contributed by atoms with van der Waals surface area (Å²) in [5.41, 5.74) is 1.54. The molecule has 0 saturated carbocycles. The Morgan fingerprint density at radius 2 is 1.95 bits per heavy atom. The largest absolute Gasteiger partial charge is 0.415 e. The molecule has 5 nitrogen and oxygen atoms in total. The van der Waals surface area contributed by atoms with Crippen molar-refractivity contribution in [1.82, 2.24) is 0 Å². The van der Waals surface area contributed by atoms with Crippen LogP contribution in [0.15, 0.2) is 18.2 Å². The Balaban J connectivity index is 2.60. The van der Waals surface area contributed by atoms with E-state index in [1.165, 1.54) is 0 Å². The minimum absolute atomic E-state index is 0.113. The van der Waals surface area contributed by atoms with Gasteiger partial charge in [-0.1, -0.05) is 26.8 Å². The lowest BCUT2D eigenvalue weighted by molar-refractivity contribution is -0.384. The summed E-state index contributed by atoms with van der Waals surface area (Å²) in [5, 5.41) is 14.3. The smallest absolute Gasteiger partial charge is 0.292 e. The molecule has 0 unspecified atom stereocenters. The summed E-state index contributed by atoms with van der Waals surface area (Å²) in [6.45, 7) is 13.9. The number of nitrogens with zero attached hydrogens (tertiary/aromatic N) is 1. The van der Waals surface area contributed by atoms with Crippen molar-refractivity contribution in [3.8, 4) is 0 Å². The normalized spacial score (nSPS) is 12.3. The Bertz CT molecular complexity index is 510. The molecular weight excluding hydrogens is 284 g/mol. The quantitative estimate of drug-likeness (QED) is 0.367. The third-order valence-corrected chi connectivity index (χ3v) is 8.57. The van der Waals surface area contributed by atoms with E-state index in [0.717, 1.165) is 5.56 Å². The van der Waals surface area contributed by atoms with Crippen molar-refractivity contribution in [2.45, 2.75) is 45.8 Å². The second kappa shape index (κ2) is 6.57. The van der Waals surface area contributed by atoms with Gasteiger partial charge in [-0.15, -0.1) is 0 Å². The van der Waals surface area contributed by atoms with Crippen molar-refractivity contribution in [3.63, 3.8) is 0 Å². The van der Waals surface area contributed by atoms with Gasteiger partial charge in [0, 0.05) is 12.6 Å². The lowest BCUT2D eigenvalue weighted by atomic mass is 10.2. The van der Waals surface area contributed by atoms with Gasteiger partial charge in [0.25, 0.3) is 5.69 Å². The number of nitro groups is 1. The highest BCUT2D eigenvalue weighted by Crippen LogP contribution is 2.36. The molecule has 0 aromatic heterocycles. The van der Waals surface area contributed by atoms with Crippen LogP contribution in [0.25, 0.3) is 0 Å². The molecule has 6 heteroatoms. The van der Waals surface area contributed by atoms with Gasteiger partial charge in [0.1, 0.15) is 5.69 Å². The van der Waals surface area contributed by atoms with Crippen molar-refractivity contribution in [3.05, 3.63) is 33.9 Å². The zero-order valence-corrected chi connectivity index (χ0v) is 14.8. The summed E-state index contributed by atoms with van der Waals surface area (Å²) in [5.74, 6) is 0. The fourth-order valence-electron chi connectivity index (χ4n) is 1.65. The number of nitro benzene ring substituents is 1. The highest BCUT2D eigenvalue weighted by molar-refractivity contribution is 6.74. The summed E-state index contributed by atoms with van der Waals surface area (Å²) >= 11 is 0. The molecule has 0 bridgehead atoms. The molecule has 0 aliphatic carbocycles. The molecule has 0 aliphatic rings. The predicted octanol–water partition coefficient (Wildman–Crippen LogP) is 4.34. The summed E-state index contributed by atoms with van der Waals surface area (Å²) < 4.78 is 6.05. The van der Waals surface area contributed by atoms with Crippen molar-refractivity contribution in [2.24, 2.45) is 0 Å². The van der Waals surface area contributed by atoms with Gasteiger partial charge in [-0.05, 0) is 36.7 Å². The maximum Gasteiger partial charge on any atom is 0.292 e. The van der Waals surface area contributed by atoms with Crippen LogP contribution in [0.4, 0.5) is 11.4 Å². The highest BCUT2D eigenvalue weighted by atomic mass is 28.4. The molecule has 0 aliphatic heterocycles. The zero-order valence-electron chi connectivity index (χ0n) is 13.8. The first kappa shape index (κ1) is 17.6. The Kier molecular flexibility index (Phi) is 5.52. The van der Waals surface area contributed by atoms with Crippen LogP contribution in [-0.4, -0.2) is 26.4 Å². The SMILES string of the molecule is Cc1ccc(NCCO[Si](C)(C)C(C)(C)C)c([N+](=O)[O-])c1.